The SMILES string of the molecule is CCc1nc(C)oc1C(=O)Nc1nc2cc(C(N)=O)cc(OCCO)c2n1C/C=C/Cn1c(NC(O)c2oc(C)nc2CC)nc2cc(C(N)=O)cc(OCCO)c21. The van der Waals surface area contributed by atoms with E-state index >= 15 is 0 Å². The smallest absolute Gasteiger partial charge is 0.295 e. The molecule has 306 valence electrons. The average Bonchev–Trinajstić information content (AvgIpc) is 3.96. The Labute approximate surface area is 330 Å². The van der Waals surface area contributed by atoms with E-state index in [4.69, 9.17) is 29.8 Å². The Bertz CT molecular complexity index is 2510. The fourth-order valence-corrected chi connectivity index (χ4v) is 6.38. The van der Waals surface area contributed by atoms with E-state index in [-0.39, 0.29) is 91.1 Å². The number of nitrogens with two attached hydrogens (primary N) is 2. The van der Waals surface area contributed by atoms with Gasteiger partial charge in [0.1, 0.15) is 35.7 Å². The molecule has 2 aromatic carbocycles. The number of aliphatic hydroxyl groups is 3. The molecule has 3 amide bonds. The number of amides is 3. The van der Waals surface area contributed by atoms with E-state index in [2.05, 4.69) is 30.6 Å². The third-order valence-electron chi connectivity index (χ3n) is 8.88. The van der Waals surface area contributed by atoms with Gasteiger partial charge >= 0.3 is 0 Å². The van der Waals surface area contributed by atoms with Crippen LogP contribution in [0.5, 0.6) is 11.5 Å². The summed E-state index contributed by atoms with van der Waals surface area (Å²) in [5.41, 5.74) is 13.8. The van der Waals surface area contributed by atoms with Crippen LogP contribution >= 0.6 is 0 Å². The number of rotatable bonds is 19. The molecule has 0 saturated carbocycles. The normalized spacial score (nSPS) is 12.1. The van der Waals surface area contributed by atoms with Crippen molar-refractivity contribution < 1.29 is 48.0 Å². The lowest BCUT2D eigenvalue weighted by atomic mass is 10.1. The number of hydrogen-bond acceptors (Lipinski definition) is 15. The molecule has 58 heavy (non-hydrogen) atoms. The van der Waals surface area contributed by atoms with Crippen molar-refractivity contribution in [3.8, 4) is 11.5 Å². The van der Waals surface area contributed by atoms with Crippen LogP contribution in [-0.2, 0) is 25.9 Å². The van der Waals surface area contributed by atoms with Crippen molar-refractivity contribution in [1.29, 1.82) is 0 Å². The number of carbonyl (C=O) groups is 3. The number of allylic oxidation sites excluding steroid dienone is 2. The molecule has 9 N–H and O–H groups in total. The van der Waals surface area contributed by atoms with Gasteiger partial charge in [0, 0.05) is 38.1 Å². The zero-order valence-electron chi connectivity index (χ0n) is 32.2. The number of aliphatic hydroxyl groups excluding tert-OH is 3. The summed E-state index contributed by atoms with van der Waals surface area (Å²) in [4.78, 5) is 56.0. The molecule has 0 aliphatic carbocycles. The Balaban J connectivity index is 1.42. The van der Waals surface area contributed by atoms with E-state index in [1.165, 1.54) is 24.3 Å². The fourth-order valence-electron chi connectivity index (χ4n) is 6.38. The molecule has 0 bridgehead atoms. The van der Waals surface area contributed by atoms with Crippen molar-refractivity contribution in [3.05, 3.63) is 82.2 Å². The van der Waals surface area contributed by atoms with Crippen molar-refractivity contribution in [3.63, 3.8) is 0 Å². The Morgan fingerprint density at radius 2 is 1.28 bits per heavy atom. The maximum absolute atomic E-state index is 13.6. The highest BCUT2D eigenvalue weighted by atomic mass is 16.5. The van der Waals surface area contributed by atoms with Crippen LogP contribution in [0.25, 0.3) is 22.1 Å². The Morgan fingerprint density at radius 3 is 1.79 bits per heavy atom. The lowest BCUT2D eigenvalue weighted by Gasteiger charge is -2.15. The second kappa shape index (κ2) is 17.6. The van der Waals surface area contributed by atoms with Crippen LogP contribution in [0.3, 0.4) is 0 Å². The van der Waals surface area contributed by atoms with E-state index in [1.54, 1.807) is 35.1 Å². The van der Waals surface area contributed by atoms with Crippen molar-refractivity contribution in [2.45, 2.75) is 59.9 Å². The third-order valence-corrected chi connectivity index (χ3v) is 8.88. The number of oxazole rings is 2. The number of aromatic nitrogens is 6. The highest BCUT2D eigenvalue weighted by molar-refractivity contribution is 6.04. The molecule has 0 saturated heterocycles. The highest BCUT2D eigenvalue weighted by Crippen LogP contribution is 2.34. The van der Waals surface area contributed by atoms with Crippen LogP contribution in [-0.4, -0.2) is 88.5 Å². The number of anilines is 2. The summed E-state index contributed by atoms with van der Waals surface area (Å²) in [5.74, 6) is -0.559. The minimum Gasteiger partial charge on any atom is -0.489 e. The van der Waals surface area contributed by atoms with Gasteiger partial charge in [-0.15, -0.1) is 0 Å². The standard InChI is InChI=1S/C38H44N10O10/c1-5-23-31(57-19(3)41-23)35(53)45-37-43-25-15-21(33(39)51)17-27(55-13-11-49)29(25)47(37)9-7-8-10-48-30-26(16-22(34(40)52)18-28(30)56-14-12-50)44-38(48)46-36(54)32-24(6-2)42-20(4)58-32/h7-8,15-18,35,49-50,53H,5-6,9-14H2,1-4H3,(H2,39,51)(H2,40,52)(H,43,45)(H,44,46,54)/b8-7+. The molecule has 20 heteroatoms. The molecule has 4 aromatic heterocycles. The van der Waals surface area contributed by atoms with Crippen LogP contribution in [0.2, 0.25) is 0 Å². The van der Waals surface area contributed by atoms with Gasteiger partial charge in [-0.3, -0.25) is 19.7 Å². The summed E-state index contributed by atoms with van der Waals surface area (Å²) < 4.78 is 26.3. The predicted octanol–water partition coefficient (Wildman–Crippen LogP) is 2.66. The van der Waals surface area contributed by atoms with Crippen molar-refractivity contribution in [2.75, 3.05) is 37.1 Å². The number of hydrogen-bond donors (Lipinski definition) is 7. The summed E-state index contributed by atoms with van der Waals surface area (Å²) in [5, 5.41) is 36.2. The maximum Gasteiger partial charge on any atom is 0.295 e. The Kier molecular flexibility index (Phi) is 12.4. The first kappa shape index (κ1) is 40.9. The zero-order valence-corrected chi connectivity index (χ0v) is 32.2. The van der Waals surface area contributed by atoms with E-state index in [0.29, 0.717) is 52.6 Å². The first-order chi connectivity index (χ1) is 27.9. The molecule has 1 atom stereocenters. The van der Waals surface area contributed by atoms with E-state index in [1.807, 2.05) is 13.8 Å². The first-order valence-corrected chi connectivity index (χ1v) is 18.4. The maximum atomic E-state index is 13.6. The summed E-state index contributed by atoms with van der Waals surface area (Å²) in [6.07, 6.45) is 3.08. The molecule has 0 aliphatic rings. The van der Waals surface area contributed by atoms with E-state index in [0.717, 1.165) is 0 Å². The number of primary amides is 2. The van der Waals surface area contributed by atoms with Gasteiger partial charge in [-0.2, -0.15) is 0 Å². The van der Waals surface area contributed by atoms with Crippen LogP contribution in [0.4, 0.5) is 11.9 Å². The van der Waals surface area contributed by atoms with Gasteiger partial charge in [0.2, 0.25) is 29.5 Å². The van der Waals surface area contributed by atoms with Gasteiger partial charge in [-0.1, -0.05) is 26.0 Å². The van der Waals surface area contributed by atoms with Crippen LogP contribution in [0.15, 0.2) is 45.3 Å². The number of ether oxygens (including phenoxy) is 2. The molecule has 6 aromatic rings. The topological polar surface area (TPSA) is 294 Å². The van der Waals surface area contributed by atoms with Crippen molar-refractivity contribution in [1.82, 2.24) is 29.1 Å². The van der Waals surface area contributed by atoms with Gasteiger partial charge in [-0.25, -0.2) is 19.9 Å². The predicted molar refractivity (Wildman–Crippen MR) is 209 cm³/mol. The highest BCUT2D eigenvalue weighted by Gasteiger charge is 2.25. The molecular formula is C38H44N10O10. The number of imidazole rings is 2. The largest absolute Gasteiger partial charge is 0.489 e. The third kappa shape index (κ3) is 8.48. The monoisotopic (exact) mass is 800 g/mol. The number of nitrogens with one attached hydrogen (secondary N) is 2. The van der Waals surface area contributed by atoms with E-state index in [9.17, 15) is 29.7 Å². The number of fused-ring (bicyclic) bond motifs is 2. The van der Waals surface area contributed by atoms with Crippen LogP contribution in [0.1, 0.15) is 80.3 Å². The molecule has 0 radical (unpaired) electrons. The zero-order chi connectivity index (χ0) is 41.7. The summed E-state index contributed by atoms with van der Waals surface area (Å²) >= 11 is 0. The summed E-state index contributed by atoms with van der Waals surface area (Å²) in [6, 6.07) is 5.82. The lowest BCUT2D eigenvalue weighted by Crippen LogP contribution is -2.17. The molecule has 0 spiro atoms. The van der Waals surface area contributed by atoms with Crippen molar-refractivity contribution >= 4 is 51.7 Å². The van der Waals surface area contributed by atoms with Gasteiger partial charge in [0.05, 0.1) is 35.6 Å². The number of benzene rings is 2. The van der Waals surface area contributed by atoms with Crippen LogP contribution in [0, 0.1) is 13.8 Å². The lowest BCUT2D eigenvalue weighted by molar-refractivity contribution is 0.0987. The Hall–Kier alpha value is -6.77. The molecule has 1 unspecified atom stereocenters. The van der Waals surface area contributed by atoms with Gasteiger partial charge in [-0.05, 0) is 37.1 Å². The molecule has 6 rings (SSSR count). The number of aryl methyl sites for hydroxylation is 4. The van der Waals surface area contributed by atoms with Gasteiger partial charge < -0.3 is 59.5 Å². The number of nitrogens with zero attached hydrogens (tertiary/aromatic N) is 6. The fraction of sp³-hybridized carbons (Fsp3) is 0.342. The minimum absolute atomic E-state index is 0.0168. The van der Waals surface area contributed by atoms with E-state index < -0.39 is 23.9 Å². The van der Waals surface area contributed by atoms with Gasteiger partial charge in [0.15, 0.2) is 23.8 Å². The minimum atomic E-state index is -1.37. The molecule has 0 fully saturated rings. The van der Waals surface area contributed by atoms with Crippen molar-refractivity contribution in [2.24, 2.45) is 11.5 Å². The molecule has 0 aliphatic heterocycles. The quantitative estimate of drug-likeness (QED) is 0.0458. The molecular weight excluding hydrogens is 756 g/mol. The average molecular weight is 801 g/mol. The second-order valence-electron chi connectivity index (χ2n) is 12.9. The Morgan fingerprint density at radius 1 is 0.776 bits per heavy atom. The van der Waals surface area contributed by atoms with Crippen LogP contribution < -0.4 is 31.6 Å². The first-order valence-electron chi connectivity index (χ1n) is 18.4. The van der Waals surface area contributed by atoms with Gasteiger partial charge in [0.25, 0.3) is 5.91 Å². The molecule has 20 nitrogen and oxygen atoms in total. The summed E-state index contributed by atoms with van der Waals surface area (Å²) in [7, 11) is 0. The summed E-state index contributed by atoms with van der Waals surface area (Å²) in [6.45, 7) is 6.33. The molecule has 4 heterocycles. The second-order valence-corrected chi connectivity index (χ2v) is 12.9. The number of carbonyl (C=O) groups excluding carboxylic acids is 3.